The van der Waals surface area contributed by atoms with Gasteiger partial charge in [0.1, 0.15) is 0 Å². The third kappa shape index (κ3) is 3.35. The molecule has 0 radical (unpaired) electrons. The maximum absolute atomic E-state index is 5.76. The first kappa shape index (κ1) is 15.2. The minimum absolute atomic E-state index is 0.242. The first-order valence-electron chi connectivity index (χ1n) is 7.18. The van der Waals surface area contributed by atoms with Gasteiger partial charge in [0, 0.05) is 7.11 Å². The lowest BCUT2D eigenvalue weighted by molar-refractivity contribution is 0.0931. The van der Waals surface area contributed by atoms with E-state index < -0.39 is 0 Å². The van der Waals surface area contributed by atoms with E-state index in [0.29, 0.717) is 11.8 Å². The molecule has 1 aromatic rings. The smallest absolute Gasteiger partial charge is 0.0826 e. The van der Waals surface area contributed by atoms with Crippen LogP contribution in [0.2, 0.25) is 0 Å². The molecule has 1 atom stereocenters. The normalized spacial score (nSPS) is 13.3. The fourth-order valence-electron chi connectivity index (χ4n) is 2.62. The van der Waals surface area contributed by atoms with Crippen LogP contribution in [0.4, 0.5) is 0 Å². The van der Waals surface area contributed by atoms with Crippen LogP contribution in [0.15, 0.2) is 18.2 Å². The number of hydrogen-bond donors (Lipinski definition) is 0. The minimum atomic E-state index is 0.242. The highest BCUT2D eigenvalue weighted by molar-refractivity contribution is 5.40. The number of rotatable bonds is 6. The van der Waals surface area contributed by atoms with E-state index in [1.807, 2.05) is 7.11 Å². The van der Waals surface area contributed by atoms with Gasteiger partial charge in [0.2, 0.25) is 0 Å². The zero-order valence-corrected chi connectivity index (χ0v) is 12.8. The van der Waals surface area contributed by atoms with E-state index in [0.717, 1.165) is 12.8 Å². The predicted octanol–water partition coefficient (Wildman–Crippen LogP) is 5.42. The van der Waals surface area contributed by atoms with E-state index in [4.69, 9.17) is 4.74 Å². The van der Waals surface area contributed by atoms with Gasteiger partial charge in [0.25, 0.3) is 0 Å². The van der Waals surface area contributed by atoms with Crippen molar-refractivity contribution < 1.29 is 4.74 Å². The Labute approximate surface area is 113 Å². The van der Waals surface area contributed by atoms with Crippen LogP contribution in [-0.2, 0) is 4.74 Å². The molecule has 0 aliphatic heterocycles. The Morgan fingerprint density at radius 2 is 1.50 bits per heavy atom. The highest BCUT2D eigenvalue weighted by atomic mass is 16.5. The minimum Gasteiger partial charge on any atom is -0.377 e. The van der Waals surface area contributed by atoms with Gasteiger partial charge in [-0.25, -0.2) is 0 Å². The standard InChI is InChI=1S/C17H28O/c1-7-9-16(18-6)17-14(12(2)3)10-8-11-15(17)13(4)5/h8,10-13,16H,7,9H2,1-6H3. The zero-order chi connectivity index (χ0) is 13.7. The summed E-state index contributed by atoms with van der Waals surface area (Å²) in [5.74, 6) is 1.10. The van der Waals surface area contributed by atoms with Crippen molar-refractivity contribution in [2.45, 2.75) is 65.4 Å². The lowest BCUT2D eigenvalue weighted by atomic mass is 9.85. The number of ether oxygens (including phenoxy) is 1. The van der Waals surface area contributed by atoms with Gasteiger partial charge in [-0.1, -0.05) is 59.2 Å². The molecule has 0 heterocycles. The molecule has 0 aliphatic carbocycles. The molecule has 0 saturated carbocycles. The van der Waals surface area contributed by atoms with Crippen molar-refractivity contribution in [1.29, 1.82) is 0 Å². The monoisotopic (exact) mass is 248 g/mol. The van der Waals surface area contributed by atoms with E-state index >= 15 is 0 Å². The molecule has 0 amide bonds. The quantitative estimate of drug-likeness (QED) is 0.653. The van der Waals surface area contributed by atoms with Gasteiger partial charge in [-0.05, 0) is 34.9 Å². The Kier molecular flexibility index (Phi) is 5.87. The molecular formula is C17H28O. The van der Waals surface area contributed by atoms with Crippen molar-refractivity contribution in [3.63, 3.8) is 0 Å². The molecule has 1 heteroatoms. The summed E-state index contributed by atoms with van der Waals surface area (Å²) in [6.07, 6.45) is 2.49. The van der Waals surface area contributed by atoms with Crippen molar-refractivity contribution in [2.24, 2.45) is 0 Å². The van der Waals surface area contributed by atoms with Gasteiger partial charge < -0.3 is 4.74 Å². The third-order valence-electron chi connectivity index (χ3n) is 3.57. The first-order valence-corrected chi connectivity index (χ1v) is 7.18. The summed E-state index contributed by atoms with van der Waals surface area (Å²) in [6.45, 7) is 11.3. The van der Waals surface area contributed by atoms with E-state index in [1.165, 1.54) is 16.7 Å². The fraction of sp³-hybridized carbons (Fsp3) is 0.647. The van der Waals surface area contributed by atoms with Crippen LogP contribution >= 0.6 is 0 Å². The molecule has 0 fully saturated rings. The Morgan fingerprint density at radius 1 is 1.00 bits per heavy atom. The van der Waals surface area contributed by atoms with Gasteiger partial charge >= 0.3 is 0 Å². The molecule has 1 rings (SSSR count). The van der Waals surface area contributed by atoms with Crippen LogP contribution in [0.25, 0.3) is 0 Å². The zero-order valence-electron chi connectivity index (χ0n) is 12.8. The molecule has 0 aliphatic rings. The fourth-order valence-corrected chi connectivity index (χ4v) is 2.62. The van der Waals surface area contributed by atoms with E-state index in [2.05, 4.69) is 52.8 Å². The summed E-state index contributed by atoms with van der Waals surface area (Å²) in [5.41, 5.74) is 4.33. The molecule has 0 bridgehead atoms. The average molecular weight is 248 g/mol. The van der Waals surface area contributed by atoms with Gasteiger partial charge in [-0.2, -0.15) is 0 Å². The van der Waals surface area contributed by atoms with Crippen LogP contribution in [0, 0.1) is 0 Å². The van der Waals surface area contributed by atoms with E-state index in [1.54, 1.807) is 0 Å². The Bertz CT molecular complexity index is 340. The molecule has 0 spiro atoms. The molecule has 0 aromatic heterocycles. The van der Waals surface area contributed by atoms with Crippen molar-refractivity contribution >= 4 is 0 Å². The van der Waals surface area contributed by atoms with Crippen LogP contribution in [0.1, 0.15) is 82.1 Å². The number of benzene rings is 1. The maximum Gasteiger partial charge on any atom is 0.0826 e. The second kappa shape index (κ2) is 6.94. The van der Waals surface area contributed by atoms with Gasteiger partial charge in [-0.3, -0.25) is 0 Å². The summed E-state index contributed by atoms with van der Waals surface area (Å²) in [4.78, 5) is 0. The predicted molar refractivity (Wildman–Crippen MR) is 79.3 cm³/mol. The summed E-state index contributed by atoms with van der Waals surface area (Å²) in [7, 11) is 1.83. The molecule has 0 saturated heterocycles. The molecule has 1 nitrogen and oxygen atoms in total. The van der Waals surface area contributed by atoms with Crippen molar-refractivity contribution in [3.05, 3.63) is 34.9 Å². The van der Waals surface area contributed by atoms with Crippen molar-refractivity contribution in [2.75, 3.05) is 7.11 Å². The topological polar surface area (TPSA) is 9.23 Å². The van der Waals surface area contributed by atoms with Crippen LogP contribution in [0.3, 0.4) is 0 Å². The number of methoxy groups -OCH3 is 1. The SMILES string of the molecule is CCCC(OC)c1c(C(C)C)cccc1C(C)C. The Morgan fingerprint density at radius 3 is 1.83 bits per heavy atom. The van der Waals surface area contributed by atoms with Crippen molar-refractivity contribution in [3.8, 4) is 0 Å². The van der Waals surface area contributed by atoms with Crippen molar-refractivity contribution in [1.82, 2.24) is 0 Å². The highest BCUT2D eigenvalue weighted by Gasteiger charge is 2.20. The first-order chi connectivity index (χ1) is 8.52. The largest absolute Gasteiger partial charge is 0.377 e. The van der Waals surface area contributed by atoms with Crippen LogP contribution in [-0.4, -0.2) is 7.11 Å². The molecule has 18 heavy (non-hydrogen) atoms. The lowest BCUT2D eigenvalue weighted by Gasteiger charge is -2.25. The number of hydrogen-bond acceptors (Lipinski definition) is 1. The van der Waals surface area contributed by atoms with Gasteiger partial charge in [-0.15, -0.1) is 0 Å². The summed E-state index contributed by atoms with van der Waals surface area (Å²) in [5, 5.41) is 0. The molecular weight excluding hydrogens is 220 g/mol. The summed E-state index contributed by atoms with van der Waals surface area (Å²) >= 11 is 0. The van der Waals surface area contributed by atoms with Crippen LogP contribution < -0.4 is 0 Å². The molecule has 1 aromatic carbocycles. The molecule has 102 valence electrons. The Balaban J connectivity index is 3.33. The molecule has 1 unspecified atom stereocenters. The Hall–Kier alpha value is -0.820. The average Bonchev–Trinajstić information content (AvgIpc) is 2.34. The van der Waals surface area contributed by atoms with Gasteiger partial charge in [0.05, 0.1) is 6.10 Å². The summed E-state index contributed by atoms with van der Waals surface area (Å²) < 4.78 is 5.76. The van der Waals surface area contributed by atoms with Crippen LogP contribution in [0.5, 0.6) is 0 Å². The van der Waals surface area contributed by atoms with E-state index in [-0.39, 0.29) is 6.10 Å². The lowest BCUT2D eigenvalue weighted by Crippen LogP contribution is -2.10. The second-order valence-electron chi connectivity index (χ2n) is 5.67. The third-order valence-corrected chi connectivity index (χ3v) is 3.57. The van der Waals surface area contributed by atoms with Gasteiger partial charge in [0.15, 0.2) is 0 Å². The maximum atomic E-state index is 5.76. The molecule has 0 N–H and O–H groups in total. The highest BCUT2D eigenvalue weighted by Crippen LogP contribution is 2.35. The van der Waals surface area contributed by atoms with E-state index in [9.17, 15) is 0 Å². The second-order valence-corrected chi connectivity index (χ2v) is 5.67. The summed E-state index contributed by atoms with van der Waals surface area (Å²) in [6, 6.07) is 6.70.